The molecule has 0 aliphatic heterocycles. The summed E-state index contributed by atoms with van der Waals surface area (Å²) < 4.78 is 3.85. The van der Waals surface area contributed by atoms with E-state index in [4.69, 9.17) is 0 Å². The molecule has 1 rings (SSSR count). The Morgan fingerprint density at radius 3 is 3.00 bits per heavy atom. The van der Waals surface area contributed by atoms with Gasteiger partial charge in [0.15, 0.2) is 0 Å². The summed E-state index contributed by atoms with van der Waals surface area (Å²) in [6.45, 7) is 9.00. The first-order valence-corrected chi connectivity index (χ1v) is 5.16. The molecule has 0 amide bonds. The topological polar surface area (TPSA) is 37.8 Å². The lowest BCUT2D eigenvalue weighted by Crippen LogP contribution is -2.20. The maximum absolute atomic E-state index is 3.91. The molecule has 0 bridgehead atoms. The molecule has 0 saturated carbocycles. The van der Waals surface area contributed by atoms with Crippen LogP contribution >= 0.6 is 11.5 Å². The first-order chi connectivity index (χ1) is 6.24. The number of aromatic nitrogens is 2. The van der Waals surface area contributed by atoms with E-state index in [1.807, 2.05) is 13.1 Å². The molecule has 0 aromatic carbocycles. The Labute approximate surface area is 83.0 Å². The highest BCUT2D eigenvalue weighted by Crippen LogP contribution is 2.21. The maximum Gasteiger partial charge on any atom is 0.0669 e. The molecule has 1 unspecified atom stereocenters. The van der Waals surface area contributed by atoms with Crippen LogP contribution in [-0.2, 0) is 0 Å². The van der Waals surface area contributed by atoms with Crippen molar-refractivity contribution in [3.63, 3.8) is 0 Å². The first kappa shape index (κ1) is 10.3. The maximum atomic E-state index is 3.91. The number of hydrogen-bond donors (Lipinski definition) is 1. The molecule has 4 heteroatoms. The van der Waals surface area contributed by atoms with E-state index in [0.29, 0.717) is 6.04 Å². The molecule has 13 heavy (non-hydrogen) atoms. The molecule has 0 fully saturated rings. The second kappa shape index (κ2) is 5.09. The summed E-state index contributed by atoms with van der Waals surface area (Å²) in [6.07, 6.45) is 2.78. The van der Waals surface area contributed by atoms with Crippen molar-refractivity contribution in [1.82, 2.24) is 14.9 Å². The van der Waals surface area contributed by atoms with E-state index in [0.717, 1.165) is 13.0 Å². The molecule has 0 saturated heterocycles. The lowest BCUT2D eigenvalue weighted by atomic mass is 10.1. The summed E-state index contributed by atoms with van der Waals surface area (Å²) in [5, 5.41) is 7.22. The van der Waals surface area contributed by atoms with Gasteiger partial charge < -0.3 is 5.32 Å². The Bertz CT molecular complexity index is 256. The van der Waals surface area contributed by atoms with Gasteiger partial charge in [-0.25, -0.2) is 0 Å². The highest BCUT2D eigenvalue weighted by molar-refractivity contribution is 7.05. The highest BCUT2D eigenvalue weighted by Gasteiger charge is 2.12. The summed E-state index contributed by atoms with van der Waals surface area (Å²) in [4.78, 5) is 1.19. The first-order valence-electron chi connectivity index (χ1n) is 4.39. The van der Waals surface area contributed by atoms with E-state index in [1.54, 1.807) is 0 Å². The third-order valence-electron chi connectivity index (χ3n) is 1.72. The van der Waals surface area contributed by atoms with Crippen LogP contribution in [0.4, 0.5) is 0 Å². The molecule has 0 spiro atoms. The predicted molar refractivity (Wildman–Crippen MR) is 55.8 cm³/mol. The van der Waals surface area contributed by atoms with Gasteiger partial charge in [0.05, 0.1) is 11.1 Å². The number of nitrogens with zero attached hydrogens (tertiary/aromatic N) is 2. The van der Waals surface area contributed by atoms with E-state index in [1.165, 1.54) is 22.0 Å². The molecular formula is C9H15N3S. The summed E-state index contributed by atoms with van der Waals surface area (Å²) >= 11 is 1.45. The van der Waals surface area contributed by atoms with Crippen molar-refractivity contribution in [3.05, 3.63) is 23.2 Å². The standard InChI is InChI=1S/C9H15N3S/c1-4-10-8(5-7(2)3)9-6-11-12-13-9/h6,8,10H,2,4-5H2,1,3H3. The Morgan fingerprint density at radius 1 is 1.77 bits per heavy atom. The second-order valence-corrected chi connectivity index (χ2v) is 3.91. The van der Waals surface area contributed by atoms with E-state index in [-0.39, 0.29) is 0 Å². The van der Waals surface area contributed by atoms with Gasteiger partial charge in [-0.15, -0.1) is 11.7 Å². The molecule has 0 aliphatic rings. The van der Waals surface area contributed by atoms with Gasteiger partial charge in [0.1, 0.15) is 0 Å². The fourth-order valence-corrected chi connectivity index (χ4v) is 1.77. The zero-order valence-corrected chi connectivity index (χ0v) is 8.90. The van der Waals surface area contributed by atoms with E-state index in [2.05, 4.69) is 28.4 Å². The van der Waals surface area contributed by atoms with E-state index < -0.39 is 0 Å². The average molecular weight is 197 g/mol. The van der Waals surface area contributed by atoms with Gasteiger partial charge in [-0.2, -0.15) is 0 Å². The second-order valence-electron chi connectivity index (χ2n) is 3.09. The molecule has 3 nitrogen and oxygen atoms in total. The lowest BCUT2D eigenvalue weighted by Gasteiger charge is -2.14. The minimum Gasteiger partial charge on any atom is -0.309 e. The smallest absolute Gasteiger partial charge is 0.0669 e. The molecule has 0 radical (unpaired) electrons. The minimum absolute atomic E-state index is 0.336. The van der Waals surface area contributed by atoms with Crippen LogP contribution < -0.4 is 5.32 Å². The van der Waals surface area contributed by atoms with Crippen molar-refractivity contribution in [1.29, 1.82) is 0 Å². The SMILES string of the molecule is C=C(C)CC(NCC)c1cnns1. The molecule has 1 atom stereocenters. The van der Waals surface area contributed by atoms with Gasteiger partial charge in [0.25, 0.3) is 0 Å². The van der Waals surface area contributed by atoms with Crippen LogP contribution in [0.5, 0.6) is 0 Å². The van der Waals surface area contributed by atoms with E-state index >= 15 is 0 Å². The predicted octanol–water partition coefficient (Wildman–Crippen LogP) is 2.15. The van der Waals surface area contributed by atoms with Crippen LogP contribution in [0.1, 0.15) is 31.2 Å². The zero-order chi connectivity index (χ0) is 9.68. The minimum atomic E-state index is 0.336. The Kier molecular flexibility index (Phi) is 4.05. The van der Waals surface area contributed by atoms with Crippen molar-refractivity contribution < 1.29 is 0 Å². The third-order valence-corrected chi connectivity index (χ3v) is 2.50. The third kappa shape index (κ3) is 3.24. The normalized spacial score (nSPS) is 12.8. The largest absolute Gasteiger partial charge is 0.309 e. The van der Waals surface area contributed by atoms with Crippen LogP contribution in [0.15, 0.2) is 18.3 Å². The van der Waals surface area contributed by atoms with Crippen LogP contribution in [0.25, 0.3) is 0 Å². The van der Waals surface area contributed by atoms with Crippen LogP contribution in [-0.4, -0.2) is 16.1 Å². The Hall–Kier alpha value is -0.740. The van der Waals surface area contributed by atoms with Crippen molar-refractivity contribution in [2.24, 2.45) is 0 Å². The van der Waals surface area contributed by atoms with Gasteiger partial charge in [-0.1, -0.05) is 17.0 Å². The molecule has 1 heterocycles. The van der Waals surface area contributed by atoms with Crippen molar-refractivity contribution in [2.45, 2.75) is 26.3 Å². The summed E-state index contributed by atoms with van der Waals surface area (Å²) in [5.41, 5.74) is 1.18. The molecule has 1 aromatic rings. The van der Waals surface area contributed by atoms with Gasteiger partial charge in [-0.3, -0.25) is 0 Å². The van der Waals surface area contributed by atoms with Crippen LogP contribution in [0.2, 0.25) is 0 Å². The highest BCUT2D eigenvalue weighted by atomic mass is 32.1. The van der Waals surface area contributed by atoms with Crippen molar-refractivity contribution in [3.8, 4) is 0 Å². The molecular weight excluding hydrogens is 182 g/mol. The number of hydrogen-bond acceptors (Lipinski definition) is 4. The number of nitrogens with one attached hydrogen (secondary N) is 1. The van der Waals surface area contributed by atoms with Crippen molar-refractivity contribution >= 4 is 11.5 Å². The summed E-state index contributed by atoms with van der Waals surface area (Å²) in [5.74, 6) is 0. The zero-order valence-electron chi connectivity index (χ0n) is 8.08. The fourth-order valence-electron chi connectivity index (χ4n) is 1.20. The molecule has 0 aliphatic carbocycles. The molecule has 1 N–H and O–H groups in total. The number of rotatable bonds is 5. The quantitative estimate of drug-likeness (QED) is 0.735. The van der Waals surface area contributed by atoms with E-state index in [9.17, 15) is 0 Å². The van der Waals surface area contributed by atoms with Gasteiger partial charge in [-0.05, 0) is 31.4 Å². The van der Waals surface area contributed by atoms with Crippen LogP contribution in [0, 0.1) is 0 Å². The van der Waals surface area contributed by atoms with Crippen molar-refractivity contribution in [2.75, 3.05) is 6.54 Å². The Balaban J connectivity index is 2.62. The molecule has 1 aromatic heterocycles. The monoisotopic (exact) mass is 197 g/mol. The Morgan fingerprint density at radius 2 is 2.54 bits per heavy atom. The van der Waals surface area contributed by atoms with Gasteiger partial charge in [0.2, 0.25) is 0 Å². The van der Waals surface area contributed by atoms with Gasteiger partial charge in [0, 0.05) is 6.04 Å². The lowest BCUT2D eigenvalue weighted by molar-refractivity contribution is 0.556. The fraction of sp³-hybridized carbons (Fsp3) is 0.556. The van der Waals surface area contributed by atoms with Gasteiger partial charge >= 0.3 is 0 Å². The average Bonchev–Trinajstić information content (AvgIpc) is 2.54. The summed E-state index contributed by atoms with van der Waals surface area (Å²) in [7, 11) is 0. The van der Waals surface area contributed by atoms with Crippen LogP contribution in [0.3, 0.4) is 0 Å². The molecule has 72 valence electrons. The summed E-state index contributed by atoms with van der Waals surface area (Å²) in [6, 6.07) is 0.336.